The van der Waals surface area contributed by atoms with Crippen LogP contribution in [0.3, 0.4) is 0 Å². The number of rotatable bonds is 6. The number of hydrogen-bond donors (Lipinski definition) is 1. The number of nitrogens with two attached hydrogens (primary N) is 1. The minimum absolute atomic E-state index is 0.00856. The van der Waals surface area contributed by atoms with Crippen LogP contribution in [-0.2, 0) is 19.6 Å². The number of likely N-dealkylation sites (N-methyl/N-ethyl adjacent to an activating group) is 1. The Morgan fingerprint density at radius 2 is 2.00 bits per heavy atom. The summed E-state index contributed by atoms with van der Waals surface area (Å²) in [4.78, 5) is 11.5. The lowest BCUT2D eigenvalue weighted by Gasteiger charge is -2.20. The SMILES string of the molecule is CCOC(=O)CN(CC)S(=O)(=O)c1ccc(C)cc1N. The van der Waals surface area contributed by atoms with E-state index in [-0.39, 0.29) is 30.3 Å². The van der Waals surface area contributed by atoms with Crippen LogP contribution in [0.15, 0.2) is 23.1 Å². The van der Waals surface area contributed by atoms with Crippen LogP contribution in [0.5, 0.6) is 0 Å². The molecule has 2 N–H and O–H groups in total. The monoisotopic (exact) mass is 300 g/mol. The summed E-state index contributed by atoms with van der Waals surface area (Å²) in [5.41, 5.74) is 6.81. The number of anilines is 1. The van der Waals surface area contributed by atoms with Gasteiger partial charge in [-0.1, -0.05) is 13.0 Å². The van der Waals surface area contributed by atoms with Crippen LogP contribution in [0, 0.1) is 6.92 Å². The average Bonchev–Trinajstić information content (AvgIpc) is 2.35. The van der Waals surface area contributed by atoms with Gasteiger partial charge < -0.3 is 10.5 Å². The molecule has 0 saturated heterocycles. The molecule has 1 rings (SSSR count). The van der Waals surface area contributed by atoms with Gasteiger partial charge in [0.15, 0.2) is 0 Å². The molecule has 0 saturated carbocycles. The van der Waals surface area contributed by atoms with E-state index in [2.05, 4.69) is 0 Å². The van der Waals surface area contributed by atoms with Gasteiger partial charge in [-0.25, -0.2) is 8.42 Å². The Morgan fingerprint density at radius 1 is 1.35 bits per heavy atom. The van der Waals surface area contributed by atoms with Gasteiger partial charge in [0.1, 0.15) is 11.4 Å². The second kappa shape index (κ2) is 6.71. The van der Waals surface area contributed by atoms with E-state index in [9.17, 15) is 13.2 Å². The number of nitrogen functional groups attached to an aromatic ring is 1. The molecule has 0 aliphatic carbocycles. The van der Waals surface area contributed by atoms with Crippen LogP contribution in [-0.4, -0.2) is 38.4 Å². The number of sulfonamides is 1. The molecule has 7 heteroatoms. The molecule has 1 aromatic carbocycles. The van der Waals surface area contributed by atoms with E-state index in [0.29, 0.717) is 0 Å². The highest BCUT2D eigenvalue weighted by molar-refractivity contribution is 7.89. The van der Waals surface area contributed by atoms with Crippen molar-refractivity contribution in [3.8, 4) is 0 Å². The molecular formula is C13H20N2O4S. The fraction of sp³-hybridized carbons (Fsp3) is 0.462. The first kappa shape index (κ1) is 16.5. The van der Waals surface area contributed by atoms with E-state index in [4.69, 9.17) is 10.5 Å². The zero-order valence-electron chi connectivity index (χ0n) is 11.9. The number of carbonyl (C=O) groups excluding carboxylic acids is 1. The largest absolute Gasteiger partial charge is 0.465 e. The average molecular weight is 300 g/mol. The van der Waals surface area contributed by atoms with Crippen LogP contribution in [0.1, 0.15) is 19.4 Å². The second-order valence-electron chi connectivity index (χ2n) is 4.28. The maximum Gasteiger partial charge on any atom is 0.321 e. The fourth-order valence-electron chi connectivity index (χ4n) is 1.76. The van der Waals surface area contributed by atoms with Crippen molar-refractivity contribution >= 4 is 21.7 Å². The first-order valence-corrected chi connectivity index (χ1v) is 7.78. The van der Waals surface area contributed by atoms with E-state index in [1.54, 1.807) is 26.0 Å². The lowest BCUT2D eigenvalue weighted by Crippen LogP contribution is -2.36. The van der Waals surface area contributed by atoms with Gasteiger partial charge >= 0.3 is 5.97 Å². The normalized spacial score (nSPS) is 11.6. The van der Waals surface area contributed by atoms with Gasteiger partial charge in [-0.3, -0.25) is 4.79 Å². The van der Waals surface area contributed by atoms with Gasteiger partial charge in [0.25, 0.3) is 0 Å². The molecule has 0 unspecified atom stereocenters. The predicted molar refractivity (Wildman–Crippen MR) is 76.7 cm³/mol. The van der Waals surface area contributed by atoms with Crippen LogP contribution in [0.4, 0.5) is 5.69 Å². The minimum Gasteiger partial charge on any atom is -0.465 e. The molecule has 0 aromatic heterocycles. The molecule has 0 heterocycles. The Labute approximate surface area is 119 Å². The summed E-state index contributed by atoms with van der Waals surface area (Å²) in [5.74, 6) is -0.580. The quantitative estimate of drug-likeness (QED) is 0.629. The Kier molecular flexibility index (Phi) is 5.52. The van der Waals surface area contributed by atoms with Crippen LogP contribution < -0.4 is 5.73 Å². The summed E-state index contributed by atoms with van der Waals surface area (Å²) in [6.07, 6.45) is 0. The Bertz CT molecular complexity index is 584. The van der Waals surface area contributed by atoms with Gasteiger partial charge in [-0.2, -0.15) is 4.31 Å². The van der Waals surface area contributed by atoms with E-state index in [0.717, 1.165) is 9.87 Å². The predicted octanol–water partition coefficient (Wildman–Crippen LogP) is 1.15. The first-order chi connectivity index (χ1) is 9.32. The third-order valence-corrected chi connectivity index (χ3v) is 4.74. The lowest BCUT2D eigenvalue weighted by atomic mass is 10.2. The van der Waals surface area contributed by atoms with Crippen molar-refractivity contribution in [2.75, 3.05) is 25.4 Å². The van der Waals surface area contributed by atoms with Crippen molar-refractivity contribution in [3.05, 3.63) is 23.8 Å². The second-order valence-corrected chi connectivity index (χ2v) is 6.18. The van der Waals surface area contributed by atoms with Crippen LogP contribution in [0.2, 0.25) is 0 Å². The highest BCUT2D eigenvalue weighted by Crippen LogP contribution is 2.23. The molecular weight excluding hydrogens is 280 g/mol. The maximum atomic E-state index is 12.5. The van der Waals surface area contributed by atoms with Crippen LogP contribution in [0.25, 0.3) is 0 Å². The van der Waals surface area contributed by atoms with Gasteiger partial charge in [-0.05, 0) is 31.5 Å². The first-order valence-electron chi connectivity index (χ1n) is 6.34. The molecule has 0 spiro atoms. The third kappa shape index (κ3) is 3.71. The lowest BCUT2D eigenvalue weighted by molar-refractivity contribution is -0.143. The number of benzene rings is 1. The summed E-state index contributed by atoms with van der Waals surface area (Å²) in [6, 6.07) is 4.71. The Morgan fingerprint density at radius 3 is 2.50 bits per heavy atom. The minimum atomic E-state index is -3.80. The summed E-state index contributed by atoms with van der Waals surface area (Å²) < 4.78 is 30.8. The topological polar surface area (TPSA) is 89.7 Å². The summed E-state index contributed by atoms with van der Waals surface area (Å²) in [6.45, 7) is 5.20. The molecule has 0 aliphatic heterocycles. The van der Waals surface area contributed by atoms with Crippen molar-refractivity contribution in [2.45, 2.75) is 25.7 Å². The van der Waals surface area contributed by atoms with Crippen molar-refractivity contribution in [1.82, 2.24) is 4.31 Å². The molecule has 6 nitrogen and oxygen atoms in total. The number of aryl methyl sites for hydroxylation is 1. The van der Waals surface area contributed by atoms with E-state index < -0.39 is 16.0 Å². The molecule has 0 amide bonds. The molecule has 1 aromatic rings. The number of carbonyl (C=O) groups is 1. The zero-order valence-corrected chi connectivity index (χ0v) is 12.7. The van der Waals surface area contributed by atoms with Crippen LogP contribution >= 0.6 is 0 Å². The molecule has 0 atom stereocenters. The highest BCUT2D eigenvalue weighted by Gasteiger charge is 2.27. The van der Waals surface area contributed by atoms with E-state index >= 15 is 0 Å². The molecule has 20 heavy (non-hydrogen) atoms. The van der Waals surface area contributed by atoms with Gasteiger partial charge in [0.2, 0.25) is 10.0 Å². The van der Waals surface area contributed by atoms with Crippen molar-refractivity contribution in [3.63, 3.8) is 0 Å². The van der Waals surface area contributed by atoms with E-state index in [1.165, 1.54) is 6.07 Å². The summed E-state index contributed by atoms with van der Waals surface area (Å²) in [7, 11) is -3.80. The fourth-order valence-corrected chi connectivity index (χ4v) is 3.25. The van der Waals surface area contributed by atoms with Crippen molar-refractivity contribution in [1.29, 1.82) is 0 Å². The van der Waals surface area contributed by atoms with Gasteiger partial charge in [-0.15, -0.1) is 0 Å². The third-order valence-electron chi connectivity index (χ3n) is 2.75. The summed E-state index contributed by atoms with van der Waals surface area (Å²) in [5, 5.41) is 0. The zero-order chi connectivity index (χ0) is 15.3. The Balaban J connectivity index is 3.09. The smallest absolute Gasteiger partial charge is 0.321 e. The summed E-state index contributed by atoms with van der Waals surface area (Å²) >= 11 is 0. The molecule has 0 radical (unpaired) electrons. The molecule has 0 fully saturated rings. The number of esters is 1. The molecule has 112 valence electrons. The maximum absolute atomic E-state index is 12.5. The van der Waals surface area contributed by atoms with Gasteiger partial charge in [0.05, 0.1) is 12.3 Å². The number of nitrogens with zero attached hydrogens (tertiary/aromatic N) is 1. The van der Waals surface area contributed by atoms with Crippen molar-refractivity contribution in [2.24, 2.45) is 0 Å². The standard InChI is InChI=1S/C13H20N2O4S/c1-4-15(9-13(16)19-5-2)20(17,18)12-7-6-10(3)8-11(12)14/h6-8H,4-5,9,14H2,1-3H3. The Hall–Kier alpha value is -1.60. The molecule has 0 aliphatic rings. The van der Waals surface area contributed by atoms with Gasteiger partial charge in [0, 0.05) is 6.54 Å². The highest BCUT2D eigenvalue weighted by atomic mass is 32.2. The number of ether oxygens (including phenoxy) is 1. The van der Waals surface area contributed by atoms with Crippen molar-refractivity contribution < 1.29 is 17.9 Å². The number of hydrogen-bond acceptors (Lipinski definition) is 5. The van der Waals surface area contributed by atoms with E-state index in [1.807, 2.05) is 6.92 Å². The molecule has 0 bridgehead atoms.